The molecule has 0 saturated heterocycles. The number of benzene rings is 1. The van der Waals surface area contributed by atoms with Crippen molar-refractivity contribution in [2.45, 2.75) is 39.5 Å². The monoisotopic (exact) mass is 355 g/mol. The van der Waals surface area contributed by atoms with Gasteiger partial charge in [-0.1, -0.05) is 50.3 Å². The number of ether oxygens (including phenoxy) is 2. The van der Waals surface area contributed by atoms with E-state index in [0.29, 0.717) is 19.3 Å². The number of aryl methyl sites for hydroxylation is 1. The van der Waals surface area contributed by atoms with E-state index < -0.39 is 0 Å². The zero-order chi connectivity index (χ0) is 18.6. The van der Waals surface area contributed by atoms with Crippen LogP contribution in [-0.4, -0.2) is 19.2 Å². The Hall–Kier alpha value is -2.49. The largest absolute Gasteiger partial charge is 0.454 e. The first kappa shape index (κ1) is 19.8. The molecule has 0 unspecified atom stereocenters. The van der Waals surface area contributed by atoms with E-state index in [0.717, 1.165) is 37.2 Å². The van der Waals surface area contributed by atoms with Crippen LogP contribution in [0.4, 0.5) is 0 Å². The van der Waals surface area contributed by atoms with E-state index in [9.17, 15) is 4.79 Å². The molecule has 2 rings (SSSR count). The normalized spacial score (nSPS) is 13.5. The SMILES string of the molecule is CC(C)CNC(=O)C=CC=CCCC=CCCc1ccc2c(c1)OCO2. The first-order chi connectivity index (χ1) is 12.6. The van der Waals surface area contributed by atoms with Gasteiger partial charge in [-0.15, -0.1) is 0 Å². The van der Waals surface area contributed by atoms with Crippen molar-refractivity contribution in [1.29, 1.82) is 0 Å². The van der Waals surface area contributed by atoms with Crippen LogP contribution in [0, 0.1) is 5.92 Å². The van der Waals surface area contributed by atoms with Crippen LogP contribution < -0.4 is 14.8 Å². The molecule has 1 N–H and O–H groups in total. The lowest BCUT2D eigenvalue weighted by Gasteiger charge is -2.03. The lowest BCUT2D eigenvalue weighted by Crippen LogP contribution is -2.25. The van der Waals surface area contributed by atoms with Gasteiger partial charge in [-0.3, -0.25) is 4.79 Å². The molecule has 140 valence electrons. The molecule has 4 nitrogen and oxygen atoms in total. The summed E-state index contributed by atoms with van der Waals surface area (Å²) in [5.74, 6) is 2.12. The summed E-state index contributed by atoms with van der Waals surface area (Å²) in [5.41, 5.74) is 1.26. The topological polar surface area (TPSA) is 47.6 Å². The van der Waals surface area contributed by atoms with Gasteiger partial charge in [0, 0.05) is 12.6 Å². The quantitative estimate of drug-likeness (QED) is 0.289. The Balaban J connectivity index is 1.54. The standard InChI is InChI=1S/C22H29NO3/c1-18(2)16-23-22(24)12-10-8-6-4-3-5-7-9-11-19-13-14-20-21(15-19)26-17-25-20/h5-8,10,12-15,18H,3-4,9,11,16-17H2,1-2H3,(H,23,24). The van der Waals surface area contributed by atoms with Gasteiger partial charge in [0.15, 0.2) is 11.5 Å². The second-order valence-electron chi connectivity index (χ2n) is 6.70. The maximum absolute atomic E-state index is 11.5. The summed E-state index contributed by atoms with van der Waals surface area (Å²) >= 11 is 0. The summed E-state index contributed by atoms with van der Waals surface area (Å²) in [5, 5.41) is 2.85. The molecule has 1 aliphatic rings. The smallest absolute Gasteiger partial charge is 0.243 e. The Morgan fingerprint density at radius 3 is 2.69 bits per heavy atom. The Kier molecular flexibility index (Phi) is 8.53. The number of rotatable bonds is 10. The predicted octanol–water partition coefficient (Wildman–Crippen LogP) is 4.57. The molecule has 1 heterocycles. The van der Waals surface area contributed by atoms with E-state index in [1.807, 2.05) is 12.1 Å². The van der Waals surface area contributed by atoms with E-state index in [1.54, 1.807) is 12.2 Å². The number of unbranched alkanes of at least 4 members (excludes halogenated alkanes) is 1. The maximum atomic E-state index is 11.5. The summed E-state index contributed by atoms with van der Waals surface area (Å²) in [6.45, 7) is 5.19. The third-order valence-corrected chi connectivity index (χ3v) is 3.88. The molecule has 0 saturated carbocycles. The molecule has 4 heteroatoms. The molecule has 1 amide bonds. The van der Waals surface area contributed by atoms with Gasteiger partial charge in [0.2, 0.25) is 12.7 Å². The zero-order valence-corrected chi connectivity index (χ0v) is 15.7. The van der Waals surface area contributed by atoms with Crippen molar-refractivity contribution in [2.75, 3.05) is 13.3 Å². The fraction of sp³-hybridized carbons (Fsp3) is 0.409. The summed E-state index contributed by atoms with van der Waals surface area (Å²) in [4.78, 5) is 11.5. The number of nitrogens with one attached hydrogen (secondary N) is 1. The van der Waals surface area contributed by atoms with Crippen molar-refractivity contribution in [3.05, 3.63) is 60.2 Å². The van der Waals surface area contributed by atoms with Crippen molar-refractivity contribution in [1.82, 2.24) is 5.32 Å². The van der Waals surface area contributed by atoms with Crippen LogP contribution in [0.25, 0.3) is 0 Å². The minimum Gasteiger partial charge on any atom is -0.454 e. The zero-order valence-electron chi connectivity index (χ0n) is 15.7. The average Bonchev–Trinajstić information content (AvgIpc) is 3.09. The van der Waals surface area contributed by atoms with Gasteiger partial charge in [-0.05, 0) is 49.3 Å². The van der Waals surface area contributed by atoms with Gasteiger partial charge < -0.3 is 14.8 Å². The van der Waals surface area contributed by atoms with Gasteiger partial charge in [-0.25, -0.2) is 0 Å². The van der Waals surface area contributed by atoms with Gasteiger partial charge in [-0.2, -0.15) is 0 Å². The average molecular weight is 355 g/mol. The van der Waals surface area contributed by atoms with Crippen molar-refractivity contribution < 1.29 is 14.3 Å². The highest BCUT2D eigenvalue weighted by atomic mass is 16.7. The molecule has 0 bridgehead atoms. The van der Waals surface area contributed by atoms with Crippen molar-refractivity contribution >= 4 is 5.91 Å². The highest BCUT2D eigenvalue weighted by Crippen LogP contribution is 2.32. The Labute approximate surface area is 156 Å². The van der Waals surface area contributed by atoms with Crippen LogP contribution in [0.5, 0.6) is 11.5 Å². The number of carbonyl (C=O) groups is 1. The van der Waals surface area contributed by atoms with Crippen molar-refractivity contribution in [2.24, 2.45) is 5.92 Å². The molecule has 0 spiro atoms. The Bertz CT molecular complexity index is 659. The third kappa shape index (κ3) is 7.60. The number of allylic oxidation sites excluding steroid dienone is 5. The highest BCUT2D eigenvalue weighted by Gasteiger charge is 2.12. The lowest BCUT2D eigenvalue weighted by atomic mass is 10.1. The van der Waals surface area contributed by atoms with Crippen molar-refractivity contribution in [3.8, 4) is 11.5 Å². The van der Waals surface area contributed by atoms with Gasteiger partial charge in [0.05, 0.1) is 0 Å². The van der Waals surface area contributed by atoms with Crippen LogP contribution >= 0.6 is 0 Å². The van der Waals surface area contributed by atoms with E-state index in [-0.39, 0.29) is 5.91 Å². The first-order valence-corrected chi connectivity index (χ1v) is 9.29. The number of hydrogen-bond donors (Lipinski definition) is 1. The number of fused-ring (bicyclic) bond motifs is 1. The Morgan fingerprint density at radius 2 is 1.85 bits per heavy atom. The van der Waals surface area contributed by atoms with Crippen LogP contribution in [0.2, 0.25) is 0 Å². The molecule has 0 atom stereocenters. The molecular formula is C22H29NO3. The fourth-order valence-electron chi connectivity index (χ4n) is 2.46. The molecule has 1 aliphatic heterocycles. The van der Waals surface area contributed by atoms with Gasteiger partial charge >= 0.3 is 0 Å². The van der Waals surface area contributed by atoms with Crippen LogP contribution in [-0.2, 0) is 11.2 Å². The predicted molar refractivity (Wildman–Crippen MR) is 105 cm³/mol. The Morgan fingerprint density at radius 1 is 1.08 bits per heavy atom. The van der Waals surface area contributed by atoms with Crippen molar-refractivity contribution in [3.63, 3.8) is 0 Å². The number of amides is 1. The molecule has 1 aromatic carbocycles. The highest BCUT2D eigenvalue weighted by molar-refractivity contribution is 5.87. The minimum atomic E-state index is -0.0354. The molecular weight excluding hydrogens is 326 g/mol. The number of hydrogen-bond acceptors (Lipinski definition) is 3. The summed E-state index contributed by atoms with van der Waals surface area (Å²) in [6, 6.07) is 6.12. The first-order valence-electron chi connectivity index (χ1n) is 9.29. The summed E-state index contributed by atoms with van der Waals surface area (Å²) in [6.07, 6.45) is 15.8. The van der Waals surface area contributed by atoms with E-state index in [4.69, 9.17) is 9.47 Å². The summed E-state index contributed by atoms with van der Waals surface area (Å²) in [7, 11) is 0. The lowest BCUT2D eigenvalue weighted by molar-refractivity contribution is -0.116. The molecule has 0 fully saturated rings. The molecule has 0 aliphatic carbocycles. The maximum Gasteiger partial charge on any atom is 0.243 e. The minimum absolute atomic E-state index is 0.0354. The van der Waals surface area contributed by atoms with Gasteiger partial charge in [0.25, 0.3) is 0 Å². The molecule has 26 heavy (non-hydrogen) atoms. The second-order valence-corrected chi connectivity index (χ2v) is 6.70. The summed E-state index contributed by atoms with van der Waals surface area (Å²) < 4.78 is 10.7. The second kappa shape index (κ2) is 11.2. The van der Waals surface area contributed by atoms with Crippen LogP contribution in [0.3, 0.4) is 0 Å². The van der Waals surface area contributed by atoms with E-state index in [2.05, 4.69) is 49.5 Å². The third-order valence-electron chi connectivity index (χ3n) is 3.88. The van der Waals surface area contributed by atoms with Crippen LogP contribution in [0.15, 0.2) is 54.7 Å². The van der Waals surface area contributed by atoms with Gasteiger partial charge in [0.1, 0.15) is 0 Å². The molecule has 1 aromatic rings. The van der Waals surface area contributed by atoms with Crippen LogP contribution in [0.1, 0.15) is 38.7 Å². The fourth-order valence-corrected chi connectivity index (χ4v) is 2.46. The number of carbonyl (C=O) groups excluding carboxylic acids is 1. The van der Waals surface area contributed by atoms with E-state index in [1.165, 1.54) is 5.56 Å². The molecule has 0 aromatic heterocycles. The van der Waals surface area contributed by atoms with E-state index >= 15 is 0 Å². The molecule has 0 radical (unpaired) electrons.